The lowest BCUT2D eigenvalue weighted by Gasteiger charge is -2.18. The van der Waals surface area contributed by atoms with Crippen LogP contribution in [0.5, 0.6) is 5.75 Å². The lowest BCUT2D eigenvalue weighted by molar-refractivity contribution is -0.138. The number of nitrogens with one attached hydrogen (secondary N) is 1. The molecule has 2 aromatic carbocycles. The van der Waals surface area contributed by atoms with Crippen molar-refractivity contribution >= 4 is 23.2 Å². The molecule has 0 saturated heterocycles. The van der Waals surface area contributed by atoms with Crippen LogP contribution in [0.1, 0.15) is 27.0 Å². The highest BCUT2D eigenvalue weighted by Crippen LogP contribution is 2.42. The summed E-state index contributed by atoms with van der Waals surface area (Å²) in [4.78, 5) is 14.2. The molecule has 0 saturated carbocycles. The fraction of sp³-hybridized carbons (Fsp3) is 0.286. The average Bonchev–Trinajstić information content (AvgIpc) is 2.62. The van der Waals surface area contributed by atoms with Crippen molar-refractivity contribution in [2.75, 3.05) is 32.6 Å². The van der Waals surface area contributed by atoms with Gasteiger partial charge in [-0.1, -0.05) is 23.6 Å². The van der Waals surface area contributed by atoms with E-state index in [4.69, 9.17) is 22.8 Å². The van der Waals surface area contributed by atoms with Crippen LogP contribution in [-0.4, -0.2) is 38.1 Å². The highest BCUT2D eigenvalue weighted by Gasteiger charge is 2.36. The summed E-state index contributed by atoms with van der Waals surface area (Å²) in [7, 11) is 3.54. The number of rotatable bonds is 6. The van der Waals surface area contributed by atoms with Gasteiger partial charge in [0.25, 0.3) is 5.91 Å². The van der Waals surface area contributed by atoms with Gasteiger partial charge >= 0.3 is 6.18 Å². The third-order valence-electron chi connectivity index (χ3n) is 4.05. The Bertz CT molecular complexity index is 950. The largest absolute Gasteiger partial charge is 0.490 e. The van der Waals surface area contributed by atoms with Crippen molar-refractivity contribution in [1.29, 1.82) is 0 Å². The van der Waals surface area contributed by atoms with Gasteiger partial charge in [-0.25, -0.2) is 0 Å². The number of halogens is 4. The Morgan fingerprint density at radius 2 is 1.97 bits per heavy atom. The summed E-state index contributed by atoms with van der Waals surface area (Å²) in [5, 5.41) is 2.18. The molecule has 0 spiro atoms. The van der Waals surface area contributed by atoms with Crippen LogP contribution in [-0.2, 0) is 6.18 Å². The first-order chi connectivity index (χ1) is 13.5. The van der Waals surface area contributed by atoms with Gasteiger partial charge in [-0.2, -0.15) is 13.2 Å². The summed E-state index contributed by atoms with van der Waals surface area (Å²) < 4.78 is 45.8. The Morgan fingerprint density at radius 1 is 1.28 bits per heavy atom. The fourth-order valence-electron chi connectivity index (χ4n) is 2.48. The topological polar surface area (TPSA) is 41.6 Å². The van der Waals surface area contributed by atoms with Gasteiger partial charge < -0.3 is 15.0 Å². The predicted octanol–water partition coefficient (Wildman–Crippen LogP) is 4.84. The molecule has 2 rings (SSSR count). The summed E-state index contributed by atoms with van der Waals surface area (Å²) in [6.45, 7) is 2.23. The smallest absolute Gasteiger partial charge is 0.420 e. The molecule has 4 nitrogen and oxygen atoms in total. The lowest BCUT2D eigenvalue weighted by atomic mass is 10.0. The van der Waals surface area contributed by atoms with Crippen LogP contribution >= 0.6 is 11.6 Å². The van der Waals surface area contributed by atoms with Crippen LogP contribution in [0.15, 0.2) is 30.3 Å². The zero-order chi connectivity index (χ0) is 21.8. The second kappa shape index (κ2) is 9.21. The Hall–Kier alpha value is -2.69. The lowest BCUT2D eigenvalue weighted by Crippen LogP contribution is -2.21. The molecule has 0 aliphatic heterocycles. The molecular weight excluding hydrogens is 405 g/mol. The predicted molar refractivity (Wildman–Crippen MR) is 108 cm³/mol. The second-order valence-corrected chi connectivity index (χ2v) is 7.02. The highest BCUT2D eigenvalue weighted by atomic mass is 35.5. The van der Waals surface area contributed by atoms with Gasteiger partial charge in [0.1, 0.15) is 17.9 Å². The van der Waals surface area contributed by atoms with Gasteiger partial charge in [0.05, 0.1) is 5.02 Å². The molecule has 29 heavy (non-hydrogen) atoms. The first-order valence-electron chi connectivity index (χ1n) is 8.59. The summed E-state index contributed by atoms with van der Waals surface area (Å²) in [5.41, 5.74) is 0.393. The van der Waals surface area contributed by atoms with Crippen LogP contribution in [0.2, 0.25) is 5.02 Å². The van der Waals surface area contributed by atoms with Crippen molar-refractivity contribution in [2.45, 2.75) is 13.1 Å². The number of ether oxygens (including phenoxy) is 1. The number of aryl methyl sites for hydroxylation is 1. The van der Waals surface area contributed by atoms with Crippen LogP contribution in [0, 0.1) is 19.3 Å². The summed E-state index contributed by atoms with van der Waals surface area (Å²) in [5.74, 6) is 1.38. The SMILES string of the molecule is C#Cc1cc(C(=O)Nc2cc(Cl)c(OCCN(C)C)c(C(F)(F)F)c2)ccc1C. The van der Waals surface area contributed by atoms with Gasteiger partial charge in [-0.3, -0.25) is 4.79 Å². The Labute approximate surface area is 172 Å². The molecule has 0 heterocycles. The number of hydrogen-bond donors (Lipinski definition) is 1. The summed E-state index contributed by atoms with van der Waals surface area (Å²) >= 11 is 6.04. The number of alkyl halides is 3. The van der Waals surface area contributed by atoms with E-state index in [1.807, 2.05) is 0 Å². The van der Waals surface area contributed by atoms with Crippen molar-refractivity contribution in [3.8, 4) is 18.1 Å². The number of likely N-dealkylation sites (N-methyl/N-ethyl adjacent to an activating group) is 1. The Balaban J connectivity index is 2.33. The third kappa shape index (κ3) is 5.89. The molecule has 1 N–H and O–H groups in total. The number of terminal acetylenes is 1. The van der Waals surface area contributed by atoms with Crippen LogP contribution < -0.4 is 10.1 Å². The van der Waals surface area contributed by atoms with E-state index in [0.29, 0.717) is 12.1 Å². The maximum absolute atomic E-state index is 13.5. The monoisotopic (exact) mass is 424 g/mol. The molecule has 0 bridgehead atoms. The Morgan fingerprint density at radius 3 is 2.55 bits per heavy atom. The van der Waals surface area contributed by atoms with Crippen molar-refractivity contribution in [1.82, 2.24) is 4.90 Å². The van der Waals surface area contributed by atoms with E-state index in [-0.39, 0.29) is 22.9 Å². The number of nitrogens with zero attached hydrogens (tertiary/aromatic N) is 1. The van der Waals surface area contributed by atoms with E-state index in [1.54, 1.807) is 32.0 Å². The zero-order valence-electron chi connectivity index (χ0n) is 16.2. The van der Waals surface area contributed by atoms with Gasteiger partial charge in [0, 0.05) is 23.4 Å². The highest BCUT2D eigenvalue weighted by molar-refractivity contribution is 6.32. The Kier molecular flexibility index (Phi) is 7.17. The van der Waals surface area contributed by atoms with E-state index in [9.17, 15) is 18.0 Å². The standard InChI is InChI=1S/C21H20ClF3N2O2/c1-5-14-10-15(7-6-13(14)2)20(28)26-16-11-17(21(23,24)25)19(18(22)12-16)29-9-8-27(3)4/h1,6-7,10-12H,8-9H2,2-4H3,(H,26,28). The van der Waals surface area contributed by atoms with Gasteiger partial charge in [-0.15, -0.1) is 6.42 Å². The van der Waals surface area contributed by atoms with Gasteiger partial charge in [-0.05, 0) is 50.8 Å². The molecule has 0 unspecified atom stereocenters. The molecule has 8 heteroatoms. The van der Waals surface area contributed by atoms with Crippen LogP contribution in [0.3, 0.4) is 0 Å². The first-order valence-corrected chi connectivity index (χ1v) is 8.97. The minimum atomic E-state index is -4.71. The first kappa shape index (κ1) is 22.6. The van der Waals surface area contributed by atoms with Crippen molar-refractivity contribution in [3.63, 3.8) is 0 Å². The van der Waals surface area contributed by atoms with E-state index in [2.05, 4.69) is 11.2 Å². The van der Waals surface area contributed by atoms with E-state index in [1.165, 1.54) is 18.2 Å². The average molecular weight is 425 g/mol. The normalized spacial score (nSPS) is 11.3. The number of hydrogen-bond acceptors (Lipinski definition) is 3. The van der Waals surface area contributed by atoms with Crippen molar-refractivity contribution < 1.29 is 22.7 Å². The summed E-state index contributed by atoms with van der Waals surface area (Å²) in [6, 6.07) is 6.72. The molecule has 0 aromatic heterocycles. The number of benzene rings is 2. The molecular formula is C21H20ClF3N2O2. The van der Waals surface area contributed by atoms with Crippen LogP contribution in [0.25, 0.3) is 0 Å². The van der Waals surface area contributed by atoms with E-state index >= 15 is 0 Å². The van der Waals surface area contributed by atoms with Gasteiger partial charge in [0.2, 0.25) is 0 Å². The number of carbonyl (C=O) groups excluding carboxylic acids is 1. The van der Waals surface area contributed by atoms with Gasteiger partial charge in [0.15, 0.2) is 0 Å². The van der Waals surface area contributed by atoms with E-state index in [0.717, 1.165) is 11.6 Å². The molecule has 0 fully saturated rings. The zero-order valence-corrected chi connectivity index (χ0v) is 16.9. The van der Waals surface area contributed by atoms with Crippen molar-refractivity contribution in [3.05, 3.63) is 57.6 Å². The van der Waals surface area contributed by atoms with Crippen LogP contribution in [0.4, 0.5) is 18.9 Å². The molecule has 0 aliphatic rings. The molecule has 0 atom stereocenters. The van der Waals surface area contributed by atoms with Crippen molar-refractivity contribution in [2.24, 2.45) is 0 Å². The minimum absolute atomic E-state index is 0.0275. The summed E-state index contributed by atoms with van der Waals surface area (Å²) in [6.07, 6.45) is 0.684. The molecule has 0 aliphatic carbocycles. The molecule has 1 amide bonds. The fourth-order valence-corrected chi connectivity index (χ4v) is 2.75. The molecule has 2 aromatic rings. The maximum Gasteiger partial charge on any atom is 0.420 e. The number of carbonyl (C=O) groups is 1. The molecule has 154 valence electrons. The number of anilines is 1. The number of amides is 1. The maximum atomic E-state index is 13.5. The third-order valence-corrected chi connectivity index (χ3v) is 4.33. The quantitative estimate of drug-likeness (QED) is 0.674. The van der Waals surface area contributed by atoms with E-state index < -0.39 is 23.4 Å². The molecule has 0 radical (unpaired) electrons. The second-order valence-electron chi connectivity index (χ2n) is 6.61. The minimum Gasteiger partial charge on any atom is -0.490 e.